The average Bonchev–Trinajstić information content (AvgIpc) is 3.24. The second-order valence-electron chi connectivity index (χ2n) is 5.36. The van der Waals surface area contributed by atoms with Gasteiger partial charge in [0.2, 0.25) is 9.97 Å². The Balaban J connectivity index is 1.37. The minimum absolute atomic E-state index is 0.296. The quantitative estimate of drug-likeness (QED) is 0.566. The first kappa shape index (κ1) is 16.5. The van der Waals surface area contributed by atoms with E-state index in [-0.39, 0.29) is 5.91 Å². The lowest BCUT2D eigenvalue weighted by Gasteiger charge is -2.08. The van der Waals surface area contributed by atoms with Crippen molar-refractivity contribution in [1.82, 2.24) is 19.8 Å². The van der Waals surface area contributed by atoms with Gasteiger partial charge in [-0.2, -0.15) is 4.52 Å². The van der Waals surface area contributed by atoms with E-state index in [0.29, 0.717) is 33.0 Å². The third kappa shape index (κ3) is 3.66. The molecule has 0 spiro atoms. The first-order valence-corrected chi connectivity index (χ1v) is 8.82. The van der Waals surface area contributed by atoms with Crippen LogP contribution in [0.25, 0.3) is 4.96 Å². The number of benzene rings is 2. The standard InChI is InChI=1S/C17H12ClN5O2S/c18-12-3-1-11(2-4-12)9-25-14-7-5-13(6-8-14)20-15(24)16-22-23-10-19-21-17(23)26-16/h1-8,10H,9H2,(H,20,24). The molecule has 1 amide bonds. The molecular weight excluding hydrogens is 374 g/mol. The summed E-state index contributed by atoms with van der Waals surface area (Å²) in [5.41, 5.74) is 1.68. The number of rotatable bonds is 5. The topological polar surface area (TPSA) is 81.4 Å². The molecular formula is C17H12ClN5O2S. The van der Waals surface area contributed by atoms with Crippen molar-refractivity contribution in [3.63, 3.8) is 0 Å². The van der Waals surface area contributed by atoms with Gasteiger partial charge in [0.15, 0.2) is 0 Å². The number of hydrogen-bond donors (Lipinski definition) is 1. The molecule has 2 heterocycles. The normalized spacial score (nSPS) is 10.8. The van der Waals surface area contributed by atoms with E-state index in [0.717, 1.165) is 5.56 Å². The third-order valence-electron chi connectivity index (χ3n) is 3.51. The molecule has 0 radical (unpaired) electrons. The minimum atomic E-state index is -0.296. The molecule has 0 aliphatic rings. The zero-order valence-electron chi connectivity index (χ0n) is 13.3. The van der Waals surface area contributed by atoms with E-state index in [9.17, 15) is 4.79 Å². The zero-order chi connectivity index (χ0) is 17.9. The van der Waals surface area contributed by atoms with Crippen LogP contribution in [-0.4, -0.2) is 25.7 Å². The smallest absolute Gasteiger partial charge is 0.286 e. The molecule has 0 aliphatic carbocycles. The van der Waals surface area contributed by atoms with Crippen molar-refractivity contribution in [2.24, 2.45) is 0 Å². The first-order valence-electron chi connectivity index (χ1n) is 7.63. The Bertz CT molecular complexity index is 1010. The number of hydrogen-bond acceptors (Lipinski definition) is 6. The van der Waals surface area contributed by atoms with Gasteiger partial charge >= 0.3 is 0 Å². The van der Waals surface area contributed by atoms with Crippen molar-refractivity contribution in [3.8, 4) is 5.75 Å². The van der Waals surface area contributed by atoms with E-state index in [1.165, 1.54) is 22.2 Å². The Morgan fingerprint density at radius 3 is 2.65 bits per heavy atom. The maximum absolute atomic E-state index is 12.2. The summed E-state index contributed by atoms with van der Waals surface area (Å²) in [5.74, 6) is 0.409. The molecule has 0 unspecified atom stereocenters. The highest BCUT2D eigenvalue weighted by Crippen LogP contribution is 2.19. The van der Waals surface area contributed by atoms with E-state index >= 15 is 0 Å². The van der Waals surface area contributed by atoms with Gasteiger partial charge in [0.1, 0.15) is 18.7 Å². The molecule has 4 aromatic rings. The van der Waals surface area contributed by atoms with Crippen molar-refractivity contribution >= 4 is 39.5 Å². The number of nitrogens with zero attached hydrogens (tertiary/aromatic N) is 4. The van der Waals surface area contributed by atoms with E-state index in [2.05, 4.69) is 20.6 Å². The number of aromatic nitrogens is 4. The summed E-state index contributed by atoms with van der Waals surface area (Å²) in [6, 6.07) is 14.6. The molecule has 0 saturated carbocycles. The van der Waals surface area contributed by atoms with Crippen LogP contribution in [0.4, 0.5) is 5.69 Å². The summed E-state index contributed by atoms with van der Waals surface area (Å²) in [5, 5.41) is 15.5. The second kappa shape index (κ2) is 7.11. The van der Waals surface area contributed by atoms with Crippen molar-refractivity contribution in [2.45, 2.75) is 6.61 Å². The summed E-state index contributed by atoms with van der Waals surface area (Å²) >= 11 is 7.03. The van der Waals surface area contributed by atoms with Crippen LogP contribution in [0.5, 0.6) is 5.75 Å². The van der Waals surface area contributed by atoms with Gasteiger partial charge in [-0.3, -0.25) is 4.79 Å². The molecule has 0 aliphatic heterocycles. The molecule has 2 aromatic heterocycles. The van der Waals surface area contributed by atoms with Crippen LogP contribution < -0.4 is 10.1 Å². The lowest BCUT2D eigenvalue weighted by molar-refractivity contribution is 0.102. The lowest BCUT2D eigenvalue weighted by Crippen LogP contribution is -2.11. The summed E-state index contributed by atoms with van der Waals surface area (Å²) in [4.78, 5) is 12.8. The summed E-state index contributed by atoms with van der Waals surface area (Å²) in [6.45, 7) is 0.440. The van der Waals surface area contributed by atoms with Gasteiger partial charge in [-0.25, -0.2) is 0 Å². The number of amides is 1. The highest BCUT2D eigenvalue weighted by Gasteiger charge is 2.13. The van der Waals surface area contributed by atoms with Crippen LogP contribution in [0.3, 0.4) is 0 Å². The summed E-state index contributed by atoms with van der Waals surface area (Å²) in [7, 11) is 0. The fraction of sp³-hybridized carbons (Fsp3) is 0.0588. The van der Waals surface area contributed by atoms with Gasteiger partial charge in [-0.05, 0) is 42.0 Å². The molecule has 0 saturated heterocycles. The molecule has 2 aromatic carbocycles. The van der Waals surface area contributed by atoms with Crippen LogP contribution in [-0.2, 0) is 6.61 Å². The Morgan fingerprint density at radius 2 is 1.92 bits per heavy atom. The highest BCUT2D eigenvalue weighted by molar-refractivity contribution is 7.18. The maximum atomic E-state index is 12.2. The van der Waals surface area contributed by atoms with Gasteiger partial charge < -0.3 is 10.1 Å². The van der Waals surface area contributed by atoms with E-state index in [4.69, 9.17) is 16.3 Å². The van der Waals surface area contributed by atoms with Crippen LogP contribution in [0.1, 0.15) is 15.4 Å². The average molecular weight is 386 g/mol. The maximum Gasteiger partial charge on any atom is 0.286 e. The molecule has 26 heavy (non-hydrogen) atoms. The Hall–Kier alpha value is -2.97. The van der Waals surface area contributed by atoms with Crippen molar-refractivity contribution in [3.05, 3.63) is 70.5 Å². The van der Waals surface area contributed by atoms with Crippen LogP contribution in [0, 0.1) is 0 Å². The lowest BCUT2D eigenvalue weighted by atomic mass is 10.2. The van der Waals surface area contributed by atoms with Crippen LogP contribution in [0.15, 0.2) is 54.9 Å². The number of ether oxygens (including phenoxy) is 1. The predicted molar refractivity (Wildman–Crippen MR) is 98.8 cm³/mol. The van der Waals surface area contributed by atoms with Crippen LogP contribution >= 0.6 is 22.9 Å². The van der Waals surface area contributed by atoms with Gasteiger partial charge in [0.05, 0.1) is 0 Å². The number of fused-ring (bicyclic) bond motifs is 1. The molecule has 7 nitrogen and oxygen atoms in total. The predicted octanol–water partition coefficient (Wildman–Crippen LogP) is 3.67. The SMILES string of the molecule is O=C(Nc1ccc(OCc2ccc(Cl)cc2)cc1)c1nn2cnnc2s1. The van der Waals surface area contributed by atoms with E-state index in [1.54, 1.807) is 24.3 Å². The van der Waals surface area contributed by atoms with Gasteiger partial charge in [0.25, 0.3) is 5.91 Å². The van der Waals surface area contributed by atoms with E-state index < -0.39 is 0 Å². The Labute approximate surface area is 157 Å². The number of nitrogens with one attached hydrogen (secondary N) is 1. The second-order valence-corrected chi connectivity index (χ2v) is 6.75. The third-order valence-corrected chi connectivity index (χ3v) is 4.68. The van der Waals surface area contributed by atoms with Crippen LogP contribution in [0.2, 0.25) is 5.02 Å². The number of carbonyl (C=O) groups is 1. The first-order chi connectivity index (χ1) is 12.7. The number of anilines is 1. The molecule has 1 N–H and O–H groups in total. The molecule has 9 heteroatoms. The summed E-state index contributed by atoms with van der Waals surface area (Å²) < 4.78 is 7.19. The Kier molecular flexibility index (Phi) is 4.51. The van der Waals surface area contributed by atoms with Gasteiger partial charge in [0, 0.05) is 10.7 Å². The number of halogens is 1. The fourth-order valence-corrected chi connectivity index (χ4v) is 3.06. The van der Waals surface area contributed by atoms with Crippen molar-refractivity contribution in [1.29, 1.82) is 0 Å². The molecule has 0 atom stereocenters. The van der Waals surface area contributed by atoms with E-state index in [1.807, 2.05) is 24.3 Å². The minimum Gasteiger partial charge on any atom is -0.489 e. The highest BCUT2D eigenvalue weighted by atomic mass is 35.5. The van der Waals surface area contributed by atoms with Gasteiger partial charge in [-0.15, -0.1) is 15.3 Å². The van der Waals surface area contributed by atoms with Crippen molar-refractivity contribution < 1.29 is 9.53 Å². The molecule has 4 rings (SSSR count). The largest absolute Gasteiger partial charge is 0.489 e. The monoisotopic (exact) mass is 385 g/mol. The fourth-order valence-electron chi connectivity index (χ4n) is 2.22. The molecule has 130 valence electrons. The van der Waals surface area contributed by atoms with Crippen molar-refractivity contribution in [2.75, 3.05) is 5.32 Å². The number of carbonyl (C=O) groups excluding carboxylic acids is 1. The Morgan fingerprint density at radius 1 is 1.15 bits per heavy atom. The summed E-state index contributed by atoms with van der Waals surface area (Å²) in [6.07, 6.45) is 1.45. The molecule has 0 fully saturated rings. The van der Waals surface area contributed by atoms with Gasteiger partial charge in [-0.1, -0.05) is 35.1 Å². The zero-order valence-corrected chi connectivity index (χ0v) is 14.9. The molecule has 0 bridgehead atoms.